The third-order valence-electron chi connectivity index (χ3n) is 2.55. The van der Waals surface area contributed by atoms with E-state index in [4.69, 9.17) is 14.2 Å². The van der Waals surface area contributed by atoms with E-state index in [-0.39, 0.29) is 11.9 Å². The molecule has 0 aliphatic rings. The standard InChI is InChI=1S/C15H24FNO3/c1-12(2)19-6-7-20-15-9-13(8-14(16)10-15)11-17-4-5-18-3/h8-10,12,17H,4-7,11H2,1-3H3. The molecule has 1 aromatic rings. The average molecular weight is 285 g/mol. The van der Waals surface area contributed by atoms with Crippen molar-refractivity contribution in [3.05, 3.63) is 29.6 Å². The Bertz CT molecular complexity index is 385. The van der Waals surface area contributed by atoms with Crippen LogP contribution in [0, 0.1) is 5.82 Å². The topological polar surface area (TPSA) is 39.7 Å². The van der Waals surface area contributed by atoms with E-state index in [1.54, 1.807) is 7.11 Å². The van der Waals surface area contributed by atoms with Crippen molar-refractivity contribution in [2.75, 3.05) is 33.5 Å². The zero-order chi connectivity index (χ0) is 14.8. The molecule has 5 heteroatoms. The van der Waals surface area contributed by atoms with Crippen LogP contribution in [0.5, 0.6) is 5.75 Å². The lowest BCUT2D eigenvalue weighted by molar-refractivity contribution is 0.0552. The van der Waals surface area contributed by atoms with Crippen molar-refractivity contribution in [2.24, 2.45) is 0 Å². The Morgan fingerprint density at radius 2 is 1.95 bits per heavy atom. The highest BCUT2D eigenvalue weighted by molar-refractivity contribution is 5.29. The van der Waals surface area contributed by atoms with Crippen LogP contribution in [0.25, 0.3) is 0 Å². The fourth-order valence-electron chi connectivity index (χ4n) is 1.66. The average Bonchev–Trinajstić information content (AvgIpc) is 2.39. The maximum absolute atomic E-state index is 13.5. The molecule has 20 heavy (non-hydrogen) atoms. The van der Waals surface area contributed by atoms with Crippen LogP contribution in [-0.2, 0) is 16.0 Å². The Morgan fingerprint density at radius 3 is 2.65 bits per heavy atom. The molecule has 0 radical (unpaired) electrons. The van der Waals surface area contributed by atoms with E-state index in [9.17, 15) is 4.39 Å². The summed E-state index contributed by atoms with van der Waals surface area (Å²) in [6.07, 6.45) is 0.173. The van der Waals surface area contributed by atoms with Gasteiger partial charge in [0.2, 0.25) is 0 Å². The van der Waals surface area contributed by atoms with Crippen LogP contribution in [0.3, 0.4) is 0 Å². The molecule has 0 aliphatic heterocycles. The molecule has 4 nitrogen and oxygen atoms in total. The first-order valence-corrected chi connectivity index (χ1v) is 6.85. The summed E-state index contributed by atoms with van der Waals surface area (Å²) in [5.74, 6) is 0.233. The van der Waals surface area contributed by atoms with Gasteiger partial charge in [0.05, 0.1) is 19.3 Å². The van der Waals surface area contributed by atoms with E-state index in [1.165, 1.54) is 12.1 Å². The molecular weight excluding hydrogens is 261 g/mol. The maximum Gasteiger partial charge on any atom is 0.127 e. The first-order chi connectivity index (χ1) is 9.61. The van der Waals surface area contributed by atoms with Gasteiger partial charge in [-0.2, -0.15) is 0 Å². The van der Waals surface area contributed by atoms with E-state index in [2.05, 4.69) is 5.32 Å². The molecule has 0 spiro atoms. The van der Waals surface area contributed by atoms with Crippen molar-refractivity contribution in [2.45, 2.75) is 26.5 Å². The van der Waals surface area contributed by atoms with E-state index >= 15 is 0 Å². The summed E-state index contributed by atoms with van der Waals surface area (Å²) < 4.78 is 29.3. The largest absolute Gasteiger partial charge is 0.491 e. The second-order valence-corrected chi connectivity index (χ2v) is 4.73. The SMILES string of the molecule is COCCNCc1cc(F)cc(OCCOC(C)C)c1. The van der Waals surface area contributed by atoms with Crippen LogP contribution >= 0.6 is 0 Å². The van der Waals surface area contributed by atoms with Gasteiger partial charge in [-0.25, -0.2) is 4.39 Å². The molecule has 1 rings (SSSR count). The lowest BCUT2D eigenvalue weighted by Gasteiger charge is -2.11. The van der Waals surface area contributed by atoms with Gasteiger partial charge in [0.1, 0.15) is 18.2 Å². The lowest BCUT2D eigenvalue weighted by Crippen LogP contribution is -2.18. The Kier molecular flexibility index (Phi) is 8.18. The van der Waals surface area contributed by atoms with Gasteiger partial charge in [0.25, 0.3) is 0 Å². The minimum atomic E-state index is -0.296. The Hall–Kier alpha value is -1.17. The summed E-state index contributed by atoms with van der Waals surface area (Å²) in [7, 11) is 1.65. The Labute approximate surface area is 120 Å². The number of ether oxygens (including phenoxy) is 3. The smallest absolute Gasteiger partial charge is 0.127 e. The van der Waals surface area contributed by atoms with Crippen molar-refractivity contribution < 1.29 is 18.6 Å². The predicted molar refractivity (Wildman–Crippen MR) is 76.6 cm³/mol. The zero-order valence-electron chi connectivity index (χ0n) is 12.4. The molecule has 1 N–H and O–H groups in total. The lowest BCUT2D eigenvalue weighted by atomic mass is 10.2. The van der Waals surface area contributed by atoms with Crippen molar-refractivity contribution in [1.29, 1.82) is 0 Å². The molecular formula is C15H24FNO3. The summed E-state index contributed by atoms with van der Waals surface area (Å²) >= 11 is 0. The third-order valence-corrected chi connectivity index (χ3v) is 2.55. The number of methoxy groups -OCH3 is 1. The molecule has 0 saturated carbocycles. The van der Waals surface area contributed by atoms with E-state index in [1.807, 2.05) is 19.9 Å². The fourth-order valence-corrected chi connectivity index (χ4v) is 1.66. The van der Waals surface area contributed by atoms with Gasteiger partial charge in [-0.1, -0.05) is 0 Å². The highest BCUT2D eigenvalue weighted by atomic mass is 19.1. The molecule has 0 aromatic heterocycles. The first-order valence-electron chi connectivity index (χ1n) is 6.85. The van der Waals surface area contributed by atoms with Crippen LogP contribution in [0.4, 0.5) is 4.39 Å². The highest BCUT2D eigenvalue weighted by Gasteiger charge is 2.02. The Balaban J connectivity index is 2.40. The summed E-state index contributed by atoms with van der Waals surface area (Å²) in [5, 5.41) is 3.17. The number of halogens is 1. The minimum Gasteiger partial charge on any atom is -0.491 e. The van der Waals surface area contributed by atoms with Crippen molar-refractivity contribution in [3.63, 3.8) is 0 Å². The molecule has 0 saturated heterocycles. The summed E-state index contributed by atoms with van der Waals surface area (Å²) in [5.41, 5.74) is 0.848. The van der Waals surface area contributed by atoms with Crippen molar-refractivity contribution >= 4 is 0 Å². The monoisotopic (exact) mass is 285 g/mol. The molecule has 114 valence electrons. The van der Waals surface area contributed by atoms with Gasteiger partial charge in [-0.05, 0) is 31.5 Å². The number of nitrogens with one attached hydrogen (secondary N) is 1. The molecule has 0 bridgehead atoms. The number of hydrogen-bond donors (Lipinski definition) is 1. The predicted octanol–water partition coefficient (Wildman–Crippen LogP) is 2.37. The zero-order valence-corrected chi connectivity index (χ0v) is 12.4. The van der Waals surface area contributed by atoms with Crippen LogP contribution in [0.15, 0.2) is 18.2 Å². The van der Waals surface area contributed by atoms with Crippen LogP contribution in [-0.4, -0.2) is 39.6 Å². The van der Waals surface area contributed by atoms with E-state index < -0.39 is 0 Å². The van der Waals surface area contributed by atoms with Gasteiger partial charge in [0.15, 0.2) is 0 Å². The summed E-state index contributed by atoms with van der Waals surface area (Å²) in [6.45, 7) is 6.78. The molecule has 0 heterocycles. The van der Waals surface area contributed by atoms with E-state index in [0.29, 0.717) is 32.1 Å². The third kappa shape index (κ3) is 7.43. The van der Waals surface area contributed by atoms with Crippen LogP contribution in [0.1, 0.15) is 19.4 Å². The van der Waals surface area contributed by atoms with Gasteiger partial charge in [-0.15, -0.1) is 0 Å². The summed E-state index contributed by atoms with van der Waals surface area (Å²) in [6, 6.07) is 4.71. The molecule has 0 amide bonds. The molecule has 1 aromatic carbocycles. The van der Waals surface area contributed by atoms with Gasteiger partial charge >= 0.3 is 0 Å². The normalized spacial score (nSPS) is 11.1. The molecule has 0 unspecified atom stereocenters. The molecule has 0 atom stereocenters. The number of rotatable bonds is 10. The second-order valence-electron chi connectivity index (χ2n) is 4.73. The first kappa shape index (κ1) is 16.9. The number of hydrogen-bond acceptors (Lipinski definition) is 4. The number of benzene rings is 1. The van der Waals surface area contributed by atoms with Gasteiger partial charge in [-0.3, -0.25) is 0 Å². The van der Waals surface area contributed by atoms with Gasteiger partial charge in [0, 0.05) is 26.3 Å². The van der Waals surface area contributed by atoms with E-state index in [0.717, 1.165) is 12.1 Å². The maximum atomic E-state index is 13.5. The quantitative estimate of drug-likeness (QED) is 0.670. The Morgan fingerprint density at radius 1 is 1.15 bits per heavy atom. The molecule has 0 aliphatic carbocycles. The minimum absolute atomic E-state index is 0.173. The van der Waals surface area contributed by atoms with Gasteiger partial charge < -0.3 is 19.5 Å². The van der Waals surface area contributed by atoms with Crippen molar-refractivity contribution in [3.8, 4) is 5.75 Å². The fraction of sp³-hybridized carbons (Fsp3) is 0.600. The van der Waals surface area contributed by atoms with Crippen LogP contribution < -0.4 is 10.1 Å². The van der Waals surface area contributed by atoms with Crippen LogP contribution in [0.2, 0.25) is 0 Å². The second kappa shape index (κ2) is 9.69. The molecule has 0 fully saturated rings. The van der Waals surface area contributed by atoms with Crippen molar-refractivity contribution in [1.82, 2.24) is 5.32 Å². The summed E-state index contributed by atoms with van der Waals surface area (Å²) in [4.78, 5) is 0. The highest BCUT2D eigenvalue weighted by Crippen LogP contribution is 2.16.